The number of carbonyl (C=O) groups is 2. The number of carbonyl (C=O) groups excluding carboxylic acids is 2. The van der Waals surface area contributed by atoms with E-state index in [0.717, 1.165) is 11.7 Å². The Labute approximate surface area is 115 Å². The van der Waals surface area contributed by atoms with E-state index in [1.807, 2.05) is 20.8 Å². The van der Waals surface area contributed by atoms with E-state index in [1.54, 1.807) is 0 Å². The smallest absolute Gasteiger partial charge is 0.234 e. The van der Waals surface area contributed by atoms with Crippen LogP contribution in [0.15, 0.2) is 0 Å². The molecule has 3 rings (SSSR count). The first kappa shape index (κ1) is 12.5. The number of nitrogens with one attached hydrogen (secondary N) is 1. The van der Waals surface area contributed by atoms with Crippen LogP contribution in [0.25, 0.3) is 0 Å². The van der Waals surface area contributed by atoms with Crippen molar-refractivity contribution in [1.29, 1.82) is 0 Å². The molecule has 1 N–H and O–H groups in total. The van der Waals surface area contributed by atoms with Crippen LogP contribution in [-0.2, 0) is 16.1 Å². The van der Waals surface area contributed by atoms with Gasteiger partial charge in [0.15, 0.2) is 0 Å². The minimum absolute atomic E-state index is 0.0554. The summed E-state index contributed by atoms with van der Waals surface area (Å²) in [6, 6.07) is 0. The number of hydrogen-bond donors (Lipinski definition) is 1. The van der Waals surface area contributed by atoms with Gasteiger partial charge in [0.2, 0.25) is 16.9 Å². The second-order valence-electron chi connectivity index (χ2n) is 5.57. The average Bonchev–Trinajstić information content (AvgIpc) is 2.64. The maximum absolute atomic E-state index is 12.2. The third-order valence-corrected chi connectivity index (χ3v) is 4.85. The molecule has 1 aromatic heterocycles. The van der Waals surface area contributed by atoms with E-state index in [4.69, 9.17) is 0 Å². The summed E-state index contributed by atoms with van der Waals surface area (Å²) in [6.07, 6.45) is 0. The second-order valence-corrected chi connectivity index (χ2v) is 6.63. The molecule has 6 nitrogen and oxygen atoms in total. The number of likely N-dealkylation sites (tertiary alicyclic amines) is 1. The molecule has 2 unspecified atom stereocenters. The van der Waals surface area contributed by atoms with Gasteiger partial charge in [0.1, 0.15) is 5.01 Å². The number of piperidine rings is 1. The van der Waals surface area contributed by atoms with Crippen LogP contribution in [0, 0.1) is 17.3 Å². The highest BCUT2D eigenvalue weighted by molar-refractivity contribution is 7.15. The van der Waals surface area contributed by atoms with E-state index >= 15 is 0 Å². The molecule has 0 spiro atoms. The van der Waals surface area contributed by atoms with Crippen molar-refractivity contribution in [2.45, 2.75) is 27.3 Å². The van der Waals surface area contributed by atoms with Crippen LogP contribution >= 0.6 is 11.3 Å². The van der Waals surface area contributed by atoms with Crippen LogP contribution < -0.4 is 5.32 Å². The fourth-order valence-electron chi connectivity index (χ4n) is 2.84. The summed E-state index contributed by atoms with van der Waals surface area (Å²) in [4.78, 5) is 25.6. The molecule has 0 aromatic carbocycles. The highest BCUT2D eigenvalue weighted by Gasteiger charge is 2.72. The summed E-state index contributed by atoms with van der Waals surface area (Å²) in [5.41, 5.74) is -0.152. The van der Waals surface area contributed by atoms with Crippen LogP contribution in [-0.4, -0.2) is 33.5 Å². The van der Waals surface area contributed by atoms with E-state index < -0.39 is 0 Å². The zero-order valence-corrected chi connectivity index (χ0v) is 12.0. The Bertz CT molecular complexity index is 530. The third kappa shape index (κ3) is 1.75. The topological polar surface area (TPSA) is 75.2 Å². The Balaban J connectivity index is 1.71. The van der Waals surface area contributed by atoms with Crippen molar-refractivity contribution in [3.05, 3.63) is 5.01 Å². The van der Waals surface area contributed by atoms with Gasteiger partial charge >= 0.3 is 0 Å². The third-order valence-electron chi connectivity index (χ3n) is 3.98. The molecule has 0 bridgehead atoms. The molecule has 2 amide bonds. The lowest BCUT2D eigenvalue weighted by molar-refractivity contribution is -0.143. The lowest BCUT2D eigenvalue weighted by Gasteiger charge is -2.18. The Morgan fingerprint density at radius 2 is 1.89 bits per heavy atom. The highest BCUT2D eigenvalue weighted by atomic mass is 32.1. The summed E-state index contributed by atoms with van der Waals surface area (Å²) < 4.78 is 0. The molecule has 7 heteroatoms. The van der Waals surface area contributed by atoms with Crippen molar-refractivity contribution in [3.63, 3.8) is 0 Å². The molecule has 2 heterocycles. The normalized spacial score (nSPS) is 27.6. The van der Waals surface area contributed by atoms with Gasteiger partial charge in [-0.2, -0.15) is 0 Å². The van der Waals surface area contributed by atoms with Gasteiger partial charge in [0, 0.05) is 6.54 Å². The van der Waals surface area contributed by atoms with Crippen molar-refractivity contribution in [1.82, 2.24) is 15.1 Å². The van der Waals surface area contributed by atoms with Crippen molar-refractivity contribution >= 4 is 28.3 Å². The SMILES string of the molecule is CCNc1nnc(CN2C(=O)C3C(C2=O)C3(C)C)s1. The van der Waals surface area contributed by atoms with Gasteiger partial charge in [0.25, 0.3) is 0 Å². The Hall–Kier alpha value is -1.50. The van der Waals surface area contributed by atoms with E-state index in [2.05, 4.69) is 15.5 Å². The van der Waals surface area contributed by atoms with Crippen LogP contribution in [0.2, 0.25) is 0 Å². The largest absolute Gasteiger partial charge is 0.360 e. The van der Waals surface area contributed by atoms with Crippen LogP contribution in [0.1, 0.15) is 25.8 Å². The monoisotopic (exact) mass is 280 g/mol. The first-order valence-electron chi connectivity index (χ1n) is 6.38. The van der Waals surface area contributed by atoms with Gasteiger partial charge in [-0.15, -0.1) is 10.2 Å². The predicted octanol–water partition coefficient (Wildman–Crippen LogP) is 1.11. The van der Waals surface area contributed by atoms with Gasteiger partial charge in [-0.1, -0.05) is 25.2 Å². The molecule has 1 saturated carbocycles. The minimum atomic E-state index is -0.152. The van der Waals surface area contributed by atoms with Crippen molar-refractivity contribution in [2.75, 3.05) is 11.9 Å². The molecule has 2 fully saturated rings. The molecule has 0 radical (unpaired) electrons. The Morgan fingerprint density at radius 1 is 1.26 bits per heavy atom. The Morgan fingerprint density at radius 3 is 2.47 bits per heavy atom. The summed E-state index contributed by atoms with van der Waals surface area (Å²) in [5, 5.41) is 12.4. The average molecular weight is 280 g/mol. The number of fused-ring (bicyclic) bond motifs is 1. The molecule has 1 saturated heterocycles. The van der Waals surface area contributed by atoms with Gasteiger partial charge in [-0.3, -0.25) is 14.5 Å². The molecule has 1 aliphatic carbocycles. The number of amides is 2. The summed E-state index contributed by atoms with van der Waals surface area (Å²) in [6.45, 7) is 6.95. The maximum Gasteiger partial charge on any atom is 0.234 e. The summed E-state index contributed by atoms with van der Waals surface area (Å²) in [5.74, 6) is -0.359. The molecule has 1 aliphatic heterocycles. The predicted molar refractivity (Wildman–Crippen MR) is 70.4 cm³/mol. The van der Waals surface area contributed by atoms with Crippen molar-refractivity contribution in [3.8, 4) is 0 Å². The molecular weight excluding hydrogens is 264 g/mol. The molecule has 102 valence electrons. The molecule has 2 atom stereocenters. The van der Waals surface area contributed by atoms with Gasteiger partial charge in [-0.25, -0.2) is 0 Å². The second kappa shape index (κ2) is 4.00. The zero-order valence-electron chi connectivity index (χ0n) is 11.1. The zero-order chi connectivity index (χ0) is 13.8. The number of hydrogen-bond acceptors (Lipinski definition) is 6. The molecule has 1 aromatic rings. The van der Waals surface area contributed by atoms with Crippen molar-refractivity contribution < 1.29 is 9.59 Å². The fourth-order valence-corrected chi connectivity index (χ4v) is 3.63. The van der Waals surface area contributed by atoms with Crippen LogP contribution in [0.5, 0.6) is 0 Å². The van der Waals surface area contributed by atoms with E-state index in [9.17, 15) is 9.59 Å². The van der Waals surface area contributed by atoms with Crippen molar-refractivity contribution in [2.24, 2.45) is 17.3 Å². The molecular formula is C12H16N4O2S. The van der Waals surface area contributed by atoms with Gasteiger partial charge in [-0.05, 0) is 12.3 Å². The number of rotatable bonds is 4. The first-order valence-corrected chi connectivity index (χ1v) is 7.20. The van der Waals surface area contributed by atoms with Crippen LogP contribution in [0.4, 0.5) is 5.13 Å². The highest BCUT2D eigenvalue weighted by Crippen LogP contribution is 2.63. The number of nitrogens with zero attached hydrogens (tertiary/aromatic N) is 3. The van der Waals surface area contributed by atoms with E-state index in [-0.39, 0.29) is 35.6 Å². The fraction of sp³-hybridized carbons (Fsp3) is 0.667. The summed E-state index contributed by atoms with van der Waals surface area (Å²) in [7, 11) is 0. The standard InChI is InChI=1S/C12H16N4O2S/c1-4-13-11-15-14-6(19-11)5-16-9(17)7-8(10(16)18)12(7,2)3/h7-8H,4-5H2,1-3H3,(H,13,15). The number of anilines is 1. The van der Waals surface area contributed by atoms with E-state index in [0.29, 0.717) is 5.01 Å². The molecule has 19 heavy (non-hydrogen) atoms. The Kier molecular flexibility index (Phi) is 2.63. The molecule has 2 aliphatic rings. The number of aromatic nitrogens is 2. The quantitative estimate of drug-likeness (QED) is 0.836. The van der Waals surface area contributed by atoms with E-state index in [1.165, 1.54) is 16.2 Å². The summed E-state index contributed by atoms with van der Waals surface area (Å²) >= 11 is 1.38. The van der Waals surface area contributed by atoms with Gasteiger partial charge in [0.05, 0.1) is 18.4 Å². The minimum Gasteiger partial charge on any atom is -0.360 e. The lowest BCUT2D eigenvalue weighted by atomic mass is 10.1. The van der Waals surface area contributed by atoms with Crippen LogP contribution in [0.3, 0.4) is 0 Å². The maximum atomic E-state index is 12.2. The number of imide groups is 1. The lowest BCUT2D eigenvalue weighted by Crippen LogP contribution is -2.35. The van der Waals surface area contributed by atoms with Gasteiger partial charge < -0.3 is 5.32 Å². The first-order chi connectivity index (χ1) is 8.96.